The number of amides is 1. The highest BCUT2D eigenvalue weighted by atomic mass is 35.5. The highest BCUT2D eigenvalue weighted by Gasteiger charge is 2.24. The summed E-state index contributed by atoms with van der Waals surface area (Å²) in [7, 11) is 0. The standard InChI is InChI=1S/C16H24ClN3O/c1-3-10-18-14-9-8-12(17)15(20-14)16(21)19-13-7-5-4-6-11(13)2/h8-9,11,13H,3-7,10H2,1-2H3,(H,18,20)(H,19,21). The van der Waals surface area contributed by atoms with E-state index in [2.05, 4.69) is 29.5 Å². The maximum Gasteiger partial charge on any atom is 0.271 e. The molecule has 2 atom stereocenters. The number of carbonyl (C=O) groups excluding carboxylic acids is 1. The highest BCUT2D eigenvalue weighted by Crippen LogP contribution is 2.24. The van der Waals surface area contributed by atoms with Crippen LogP contribution in [0.3, 0.4) is 0 Å². The molecule has 0 aliphatic heterocycles. The van der Waals surface area contributed by atoms with E-state index >= 15 is 0 Å². The third kappa shape index (κ3) is 4.34. The quantitative estimate of drug-likeness (QED) is 0.868. The fourth-order valence-corrected chi connectivity index (χ4v) is 2.91. The van der Waals surface area contributed by atoms with Gasteiger partial charge < -0.3 is 10.6 Å². The Morgan fingerprint density at radius 2 is 2.14 bits per heavy atom. The Bertz CT molecular complexity index is 492. The topological polar surface area (TPSA) is 54.0 Å². The van der Waals surface area contributed by atoms with Crippen LogP contribution in [0.5, 0.6) is 0 Å². The molecule has 1 aliphatic carbocycles. The monoisotopic (exact) mass is 309 g/mol. The smallest absolute Gasteiger partial charge is 0.271 e. The second kappa shape index (κ2) is 7.64. The number of nitrogens with zero attached hydrogens (tertiary/aromatic N) is 1. The van der Waals surface area contributed by atoms with Gasteiger partial charge in [0.05, 0.1) is 5.02 Å². The van der Waals surface area contributed by atoms with Gasteiger partial charge in [-0.1, -0.05) is 38.3 Å². The van der Waals surface area contributed by atoms with E-state index in [1.165, 1.54) is 19.3 Å². The Labute approximate surface area is 131 Å². The van der Waals surface area contributed by atoms with Crippen molar-refractivity contribution < 1.29 is 4.79 Å². The van der Waals surface area contributed by atoms with Crippen LogP contribution in [-0.2, 0) is 0 Å². The van der Waals surface area contributed by atoms with Crippen molar-refractivity contribution in [2.24, 2.45) is 5.92 Å². The molecule has 1 heterocycles. The minimum absolute atomic E-state index is 0.168. The SMILES string of the molecule is CCCNc1ccc(Cl)c(C(=O)NC2CCCCC2C)n1. The van der Waals surface area contributed by atoms with E-state index in [0.717, 1.165) is 19.4 Å². The van der Waals surface area contributed by atoms with E-state index in [4.69, 9.17) is 11.6 Å². The summed E-state index contributed by atoms with van der Waals surface area (Å²) >= 11 is 6.13. The maximum absolute atomic E-state index is 12.4. The maximum atomic E-state index is 12.4. The van der Waals surface area contributed by atoms with Gasteiger partial charge in [0, 0.05) is 12.6 Å². The highest BCUT2D eigenvalue weighted by molar-refractivity contribution is 6.33. The van der Waals surface area contributed by atoms with Crippen LogP contribution >= 0.6 is 11.6 Å². The van der Waals surface area contributed by atoms with Crippen molar-refractivity contribution in [2.75, 3.05) is 11.9 Å². The Hall–Kier alpha value is -1.29. The van der Waals surface area contributed by atoms with Gasteiger partial charge in [-0.15, -0.1) is 0 Å². The number of pyridine rings is 1. The van der Waals surface area contributed by atoms with E-state index < -0.39 is 0 Å². The van der Waals surface area contributed by atoms with Crippen molar-refractivity contribution in [3.8, 4) is 0 Å². The fourth-order valence-electron chi connectivity index (χ4n) is 2.72. The zero-order valence-corrected chi connectivity index (χ0v) is 13.5. The molecule has 2 unspecified atom stereocenters. The second-order valence-corrected chi connectivity index (χ2v) is 6.20. The molecular formula is C16H24ClN3O. The number of nitrogens with one attached hydrogen (secondary N) is 2. The van der Waals surface area contributed by atoms with E-state index in [1.807, 2.05) is 0 Å². The van der Waals surface area contributed by atoms with Crippen LogP contribution in [0.25, 0.3) is 0 Å². The van der Waals surface area contributed by atoms with Crippen LogP contribution in [-0.4, -0.2) is 23.5 Å². The summed E-state index contributed by atoms with van der Waals surface area (Å²) in [5, 5.41) is 6.68. The predicted octanol–water partition coefficient (Wildman–Crippen LogP) is 3.87. The number of hydrogen-bond donors (Lipinski definition) is 2. The molecule has 1 fully saturated rings. The van der Waals surface area contributed by atoms with Crippen LogP contribution in [0.15, 0.2) is 12.1 Å². The molecule has 1 aliphatic rings. The molecule has 5 heteroatoms. The summed E-state index contributed by atoms with van der Waals surface area (Å²) in [5.74, 6) is 1.05. The lowest BCUT2D eigenvalue weighted by atomic mass is 9.86. The number of aromatic nitrogens is 1. The molecule has 1 saturated carbocycles. The van der Waals surface area contributed by atoms with Crippen LogP contribution in [0.1, 0.15) is 56.4 Å². The summed E-state index contributed by atoms with van der Waals surface area (Å²) in [4.78, 5) is 16.8. The molecule has 0 radical (unpaired) electrons. The normalized spacial score (nSPS) is 21.9. The van der Waals surface area contributed by atoms with Gasteiger partial charge in [-0.2, -0.15) is 0 Å². The van der Waals surface area contributed by atoms with Gasteiger partial charge in [0.15, 0.2) is 0 Å². The summed E-state index contributed by atoms with van der Waals surface area (Å²) in [6, 6.07) is 3.76. The molecule has 116 valence electrons. The molecule has 4 nitrogen and oxygen atoms in total. The van der Waals surface area contributed by atoms with Crippen LogP contribution in [0.4, 0.5) is 5.82 Å². The van der Waals surface area contributed by atoms with Gasteiger partial charge in [0.1, 0.15) is 11.5 Å². The van der Waals surface area contributed by atoms with Crippen LogP contribution in [0.2, 0.25) is 5.02 Å². The molecule has 21 heavy (non-hydrogen) atoms. The minimum Gasteiger partial charge on any atom is -0.370 e. The lowest BCUT2D eigenvalue weighted by Crippen LogP contribution is -2.41. The number of carbonyl (C=O) groups is 1. The summed E-state index contributed by atoms with van der Waals surface area (Å²) in [6.07, 6.45) is 5.64. The first-order valence-electron chi connectivity index (χ1n) is 7.83. The number of anilines is 1. The number of hydrogen-bond acceptors (Lipinski definition) is 3. The average Bonchev–Trinajstić information content (AvgIpc) is 2.48. The largest absolute Gasteiger partial charge is 0.370 e. The molecule has 0 saturated heterocycles. The van der Waals surface area contributed by atoms with Gasteiger partial charge in [-0.25, -0.2) is 4.98 Å². The summed E-state index contributed by atoms with van der Waals surface area (Å²) in [5.41, 5.74) is 0.315. The molecule has 0 bridgehead atoms. The predicted molar refractivity (Wildman–Crippen MR) is 86.9 cm³/mol. The molecule has 0 spiro atoms. The molecule has 2 rings (SSSR count). The second-order valence-electron chi connectivity index (χ2n) is 5.80. The molecule has 2 N–H and O–H groups in total. The van der Waals surface area contributed by atoms with Crippen molar-refractivity contribution in [2.45, 2.75) is 52.0 Å². The van der Waals surface area contributed by atoms with Crippen molar-refractivity contribution in [1.29, 1.82) is 0 Å². The van der Waals surface area contributed by atoms with E-state index in [9.17, 15) is 4.79 Å². The third-order valence-electron chi connectivity index (χ3n) is 4.05. The van der Waals surface area contributed by atoms with E-state index in [1.54, 1.807) is 12.1 Å². The Kier molecular flexibility index (Phi) is 5.85. The molecule has 0 aromatic carbocycles. The number of halogens is 1. The molecule has 1 amide bonds. The van der Waals surface area contributed by atoms with Gasteiger partial charge in [0.2, 0.25) is 0 Å². The first kappa shape index (κ1) is 16.1. The van der Waals surface area contributed by atoms with Gasteiger partial charge in [-0.05, 0) is 37.3 Å². The average molecular weight is 310 g/mol. The Morgan fingerprint density at radius 1 is 1.38 bits per heavy atom. The van der Waals surface area contributed by atoms with Gasteiger partial charge in [-0.3, -0.25) is 4.79 Å². The third-order valence-corrected chi connectivity index (χ3v) is 4.35. The van der Waals surface area contributed by atoms with Crippen LogP contribution < -0.4 is 10.6 Å². The van der Waals surface area contributed by atoms with Crippen molar-refractivity contribution >= 4 is 23.3 Å². The van der Waals surface area contributed by atoms with Crippen LogP contribution in [0, 0.1) is 5.92 Å². The van der Waals surface area contributed by atoms with Crippen molar-refractivity contribution in [3.63, 3.8) is 0 Å². The Morgan fingerprint density at radius 3 is 2.86 bits per heavy atom. The first-order chi connectivity index (χ1) is 10.1. The van der Waals surface area contributed by atoms with E-state index in [-0.39, 0.29) is 11.9 Å². The zero-order chi connectivity index (χ0) is 15.2. The lowest BCUT2D eigenvalue weighted by Gasteiger charge is -2.29. The summed E-state index contributed by atoms with van der Waals surface area (Å²) in [6.45, 7) is 5.11. The molecule has 1 aromatic rings. The first-order valence-corrected chi connectivity index (χ1v) is 8.21. The molecular weight excluding hydrogens is 286 g/mol. The van der Waals surface area contributed by atoms with Gasteiger partial charge >= 0.3 is 0 Å². The van der Waals surface area contributed by atoms with Gasteiger partial charge in [0.25, 0.3) is 5.91 Å². The Balaban J connectivity index is 2.06. The number of rotatable bonds is 5. The van der Waals surface area contributed by atoms with Crippen molar-refractivity contribution in [1.82, 2.24) is 10.3 Å². The van der Waals surface area contributed by atoms with E-state index in [0.29, 0.717) is 22.5 Å². The van der Waals surface area contributed by atoms with Crippen molar-refractivity contribution in [3.05, 3.63) is 22.8 Å². The molecule has 1 aromatic heterocycles. The zero-order valence-electron chi connectivity index (χ0n) is 12.8. The fraction of sp³-hybridized carbons (Fsp3) is 0.625. The minimum atomic E-state index is -0.168. The summed E-state index contributed by atoms with van der Waals surface area (Å²) < 4.78 is 0. The lowest BCUT2D eigenvalue weighted by molar-refractivity contribution is 0.0905.